The van der Waals surface area contributed by atoms with E-state index in [0.29, 0.717) is 0 Å². The van der Waals surface area contributed by atoms with E-state index in [1.807, 2.05) is 0 Å². The van der Waals surface area contributed by atoms with Crippen LogP contribution in [-0.4, -0.2) is 35.0 Å². The number of hydrogen-bond acceptors (Lipinski definition) is 3. The average molecular weight is 256 g/mol. The van der Waals surface area contributed by atoms with Gasteiger partial charge in [0.1, 0.15) is 12.1 Å². The molecule has 0 aromatic carbocycles. The van der Waals surface area contributed by atoms with Gasteiger partial charge in [-0.2, -0.15) is 0 Å². The maximum absolute atomic E-state index is 12.0. The van der Waals surface area contributed by atoms with E-state index in [4.69, 9.17) is 5.11 Å². The Bertz CT molecular complexity index is 337. The molecule has 2 atom stereocenters. The highest BCUT2D eigenvalue weighted by Gasteiger charge is 2.32. The van der Waals surface area contributed by atoms with E-state index >= 15 is 0 Å². The van der Waals surface area contributed by atoms with Crippen molar-refractivity contribution in [2.24, 2.45) is 5.92 Å². The summed E-state index contributed by atoms with van der Waals surface area (Å²) < 4.78 is 0. The second-order valence-electron chi connectivity index (χ2n) is 4.79. The molecule has 0 saturated heterocycles. The average Bonchev–Trinajstić information content (AvgIpc) is 2.78. The summed E-state index contributed by atoms with van der Waals surface area (Å²) in [6, 6.07) is -1.57. The fourth-order valence-electron chi connectivity index (χ4n) is 2.27. The van der Waals surface area contributed by atoms with Gasteiger partial charge in [0, 0.05) is 6.92 Å². The molecule has 1 saturated carbocycles. The Labute approximate surface area is 106 Å². The van der Waals surface area contributed by atoms with Crippen LogP contribution in [0.5, 0.6) is 0 Å². The van der Waals surface area contributed by atoms with E-state index in [1.165, 1.54) is 13.8 Å². The predicted octanol–water partition coefficient (Wildman–Crippen LogP) is 0.271. The van der Waals surface area contributed by atoms with Gasteiger partial charge in [-0.1, -0.05) is 12.8 Å². The zero-order chi connectivity index (χ0) is 13.7. The first kappa shape index (κ1) is 14.5. The molecule has 1 unspecified atom stereocenters. The van der Waals surface area contributed by atoms with Gasteiger partial charge in [-0.25, -0.2) is 0 Å². The fraction of sp³-hybridized carbons (Fsp3) is 0.750. The summed E-state index contributed by atoms with van der Waals surface area (Å²) in [6.07, 6.45) is 3.87. The van der Waals surface area contributed by atoms with E-state index in [1.54, 1.807) is 0 Å². The number of carboxylic acid groups (broad SMARTS) is 1. The smallest absolute Gasteiger partial charge is 0.325 e. The van der Waals surface area contributed by atoms with Crippen LogP contribution in [0.4, 0.5) is 0 Å². The van der Waals surface area contributed by atoms with E-state index in [0.717, 1.165) is 25.7 Å². The van der Waals surface area contributed by atoms with Crippen LogP contribution in [0.25, 0.3) is 0 Å². The largest absolute Gasteiger partial charge is 0.480 e. The zero-order valence-corrected chi connectivity index (χ0v) is 10.7. The van der Waals surface area contributed by atoms with E-state index in [9.17, 15) is 14.4 Å². The van der Waals surface area contributed by atoms with Crippen molar-refractivity contribution in [3.05, 3.63) is 0 Å². The second-order valence-corrected chi connectivity index (χ2v) is 4.79. The fourth-order valence-corrected chi connectivity index (χ4v) is 2.27. The molecule has 6 heteroatoms. The molecule has 0 aromatic rings. The summed E-state index contributed by atoms with van der Waals surface area (Å²) in [5.74, 6) is -1.66. The normalized spacial score (nSPS) is 19.0. The summed E-state index contributed by atoms with van der Waals surface area (Å²) in [5, 5.41) is 13.8. The van der Waals surface area contributed by atoms with Crippen LogP contribution in [0.3, 0.4) is 0 Å². The lowest BCUT2D eigenvalue weighted by molar-refractivity contribution is -0.142. The number of carbonyl (C=O) groups excluding carboxylic acids is 2. The molecule has 0 aliphatic heterocycles. The molecule has 1 fully saturated rings. The number of amides is 2. The standard InChI is InChI=1S/C12H20N2O4/c1-7(12(17)18)13-11(16)10(14-8(2)15)9-5-3-4-6-9/h7,9-10H,3-6H2,1-2H3,(H,13,16)(H,14,15)(H,17,18)/t7-,10?/m0/s1. The minimum Gasteiger partial charge on any atom is -0.480 e. The molecule has 18 heavy (non-hydrogen) atoms. The highest BCUT2D eigenvalue weighted by atomic mass is 16.4. The van der Waals surface area contributed by atoms with Crippen LogP contribution in [0.2, 0.25) is 0 Å². The summed E-state index contributed by atoms with van der Waals surface area (Å²) in [4.78, 5) is 33.8. The van der Waals surface area contributed by atoms with Crippen LogP contribution in [0.1, 0.15) is 39.5 Å². The molecule has 1 aliphatic rings. The summed E-state index contributed by atoms with van der Waals surface area (Å²) in [6.45, 7) is 2.76. The molecular formula is C12H20N2O4. The van der Waals surface area contributed by atoms with Crippen molar-refractivity contribution in [1.82, 2.24) is 10.6 Å². The van der Waals surface area contributed by atoms with Crippen molar-refractivity contribution < 1.29 is 19.5 Å². The number of carboxylic acids is 1. The van der Waals surface area contributed by atoms with Crippen molar-refractivity contribution >= 4 is 17.8 Å². The molecule has 1 aliphatic carbocycles. The Morgan fingerprint density at radius 2 is 1.72 bits per heavy atom. The number of nitrogens with one attached hydrogen (secondary N) is 2. The summed E-state index contributed by atoms with van der Waals surface area (Å²) in [7, 11) is 0. The third kappa shape index (κ3) is 4.01. The third-order valence-corrected chi connectivity index (χ3v) is 3.24. The first-order valence-electron chi connectivity index (χ1n) is 6.22. The monoisotopic (exact) mass is 256 g/mol. The third-order valence-electron chi connectivity index (χ3n) is 3.24. The molecule has 6 nitrogen and oxygen atoms in total. The first-order valence-corrected chi connectivity index (χ1v) is 6.22. The van der Waals surface area contributed by atoms with Crippen LogP contribution in [0, 0.1) is 5.92 Å². The Balaban J connectivity index is 2.66. The van der Waals surface area contributed by atoms with Gasteiger partial charge in [0.05, 0.1) is 0 Å². The number of carbonyl (C=O) groups is 3. The van der Waals surface area contributed by atoms with Gasteiger partial charge in [0.15, 0.2) is 0 Å². The first-order chi connectivity index (χ1) is 8.41. The minimum absolute atomic E-state index is 0.106. The van der Waals surface area contributed by atoms with Gasteiger partial charge in [0.25, 0.3) is 0 Å². The number of aliphatic carboxylic acids is 1. The van der Waals surface area contributed by atoms with Crippen molar-refractivity contribution in [2.75, 3.05) is 0 Å². The lowest BCUT2D eigenvalue weighted by Gasteiger charge is -2.24. The second kappa shape index (κ2) is 6.37. The van der Waals surface area contributed by atoms with Crippen molar-refractivity contribution in [2.45, 2.75) is 51.6 Å². The van der Waals surface area contributed by atoms with E-state index < -0.39 is 24.0 Å². The lowest BCUT2D eigenvalue weighted by atomic mass is 9.97. The van der Waals surface area contributed by atoms with Crippen molar-refractivity contribution in [1.29, 1.82) is 0 Å². The highest BCUT2D eigenvalue weighted by molar-refractivity contribution is 5.90. The molecule has 2 amide bonds. The van der Waals surface area contributed by atoms with Crippen LogP contribution in [-0.2, 0) is 14.4 Å². The molecule has 102 valence electrons. The van der Waals surface area contributed by atoms with E-state index in [-0.39, 0.29) is 11.8 Å². The molecule has 3 N–H and O–H groups in total. The minimum atomic E-state index is -1.09. The van der Waals surface area contributed by atoms with Gasteiger partial charge >= 0.3 is 5.97 Å². The highest BCUT2D eigenvalue weighted by Crippen LogP contribution is 2.27. The molecule has 0 spiro atoms. The Morgan fingerprint density at radius 3 is 2.17 bits per heavy atom. The quantitative estimate of drug-likeness (QED) is 0.658. The van der Waals surface area contributed by atoms with Crippen LogP contribution in [0.15, 0.2) is 0 Å². The molecule has 0 heterocycles. The van der Waals surface area contributed by atoms with Gasteiger partial charge in [-0.05, 0) is 25.7 Å². The van der Waals surface area contributed by atoms with Crippen molar-refractivity contribution in [3.63, 3.8) is 0 Å². The van der Waals surface area contributed by atoms with Gasteiger partial charge in [-0.3, -0.25) is 14.4 Å². The van der Waals surface area contributed by atoms with Gasteiger partial charge in [-0.15, -0.1) is 0 Å². The summed E-state index contributed by atoms with van der Waals surface area (Å²) >= 11 is 0. The van der Waals surface area contributed by atoms with Crippen molar-refractivity contribution in [3.8, 4) is 0 Å². The molecule has 1 rings (SSSR count). The van der Waals surface area contributed by atoms with E-state index in [2.05, 4.69) is 10.6 Å². The Morgan fingerprint density at radius 1 is 1.17 bits per heavy atom. The van der Waals surface area contributed by atoms with Gasteiger partial charge < -0.3 is 15.7 Å². The molecule has 0 aromatic heterocycles. The molecule has 0 radical (unpaired) electrons. The topological polar surface area (TPSA) is 95.5 Å². The lowest BCUT2D eigenvalue weighted by Crippen LogP contribution is -2.53. The SMILES string of the molecule is CC(=O)NC(C(=O)N[C@@H](C)C(=O)O)C1CCCC1. The Hall–Kier alpha value is -1.59. The zero-order valence-electron chi connectivity index (χ0n) is 10.7. The van der Waals surface area contributed by atoms with Gasteiger partial charge in [0.2, 0.25) is 11.8 Å². The Kier molecular flexibility index (Phi) is 5.12. The molecular weight excluding hydrogens is 236 g/mol. The van der Waals surface area contributed by atoms with Crippen LogP contribution >= 0.6 is 0 Å². The predicted molar refractivity (Wildman–Crippen MR) is 64.8 cm³/mol. The summed E-state index contributed by atoms with van der Waals surface area (Å²) in [5.41, 5.74) is 0. The number of hydrogen-bond donors (Lipinski definition) is 3. The molecule has 0 bridgehead atoms. The van der Waals surface area contributed by atoms with Crippen LogP contribution < -0.4 is 10.6 Å². The maximum atomic E-state index is 12.0. The maximum Gasteiger partial charge on any atom is 0.325 e. The number of rotatable bonds is 5.